The first-order valence-electron chi connectivity index (χ1n) is 5.60. The van der Waals surface area contributed by atoms with E-state index in [2.05, 4.69) is 6.58 Å². The maximum absolute atomic E-state index is 5.22. The van der Waals surface area contributed by atoms with Crippen LogP contribution in [0.3, 0.4) is 0 Å². The van der Waals surface area contributed by atoms with Gasteiger partial charge >= 0.3 is 0 Å². The van der Waals surface area contributed by atoms with Crippen LogP contribution in [0.5, 0.6) is 0 Å². The predicted molar refractivity (Wildman–Crippen MR) is 65.9 cm³/mol. The molecule has 0 aromatic rings. The summed E-state index contributed by atoms with van der Waals surface area (Å²) >= 11 is 0. The summed E-state index contributed by atoms with van der Waals surface area (Å²) in [4.78, 5) is 0. The molecule has 0 fully saturated rings. The molecule has 0 atom stereocenters. The lowest BCUT2D eigenvalue weighted by Crippen LogP contribution is -1.91. The fourth-order valence-corrected chi connectivity index (χ4v) is 1.07. The predicted octanol–water partition coefficient (Wildman–Crippen LogP) is 3.40. The normalized spacial score (nSPS) is 10.8. The highest BCUT2D eigenvalue weighted by Crippen LogP contribution is 2.00. The van der Waals surface area contributed by atoms with E-state index in [9.17, 15) is 0 Å². The van der Waals surface area contributed by atoms with Crippen molar-refractivity contribution in [2.75, 3.05) is 20.3 Å². The highest BCUT2D eigenvalue weighted by molar-refractivity contribution is 4.92. The second kappa shape index (κ2) is 13.6. The summed E-state index contributed by atoms with van der Waals surface area (Å²) in [6.45, 7) is 5.07. The third kappa shape index (κ3) is 12.6. The molecule has 0 unspecified atom stereocenters. The Morgan fingerprint density at radius 2 is 1.50 bits per heavy atom. The lowest BCUT2D eigenvalue weighted by molar-refractivity contribution is 0.215. The Kier molecular flexibility index (Phi) is 12.4. The molecule has 0 aliphatic carbocycles. The fraction of sp³-hybridized carbons (Fsp3) is 0.538. The van der Waals surface area contributed by atoms with Crippen molar-refractivity contribution in [1.29, 1.82) is 0 Å². The molecule has 0 aliphatic rings. The summed E-state index contributed by atoms with van der Waals surface area (Å²) in [7, 11) is 1.60. The fourth-order valence-electron chi connectivity index (χ4n) is 1.07. The first-order valence-corrected chi connectivity index (χ1v) is 5.60. The van der Waals surface area contributed by atoms with Gasteiger partial charge in [0.25, 0.3) is 0 Å². The molecule has 3 nitrogen and oxygen atoms in total. The van der Waals surface area contributed by atoms with Crippen molar-refractivity contribution in [3.63, 3.8) is 0 Å². The lowest BCUT2D eigenvalue weighted by atomic mass is 10.2. The number of allylic oxidation sites excluding steroid dienone is 2. The van der Waals surface area contributed by atoms with E-state index >= 15 is 0 Å². The number of hydrogen-bond donors (Lipinski definition) is 0. The molecule has 0 aliphatic heterocycles. The van der Waals surface area contributed by atoms with E-state index in [1.165, 1.54) is 12.7 Å². The van der Waals surface area contributed by atoms with Crippen molar-refractivity contribution in [3.8, 4) is 0 Å². The van der Waals surface area contributed by atoms with Crippen LogP contribution in [0.1, 0.15) is 25.7 Å². The van der Waals surface area contributed by atoms with Gasteiger partial charge in [0.2, 0.25) is 0 Å². The average molecular weight is 226 g/mol. The quantitative estimate of drug-likeness (QED) is 0.307. The molecule has 0 saturated carbocycles. The van der Waals surface area contributed by atoms with E-state index in [1.54, 1.807) is 31.8 Å². The number of unbranched alkanes of at least 4 members (excludes halogenated alkanes) is 3. The smallest absolute Gasteiger partial charge is 0.117 e. The van der Waals surface area contributed by atoms with Gasteiger partial charge in [-0.05, 0) is 31.8 Å². The first kappa shape index (κ1) is 14.6. The van der Waals surface area contributed by atoms with Gasteiger partial charge in [-0.15, -0.1) is 0 Å². The second-order valence-electron chi connectivity index (χ2n) is 3.23. The van der Waals surface area contributed by atoms with E-state index < -0.39 is 0 Å². The molecule has 0 amide bonds. The van der Waals surface area contributed by atoms with Crippen LogP contribution in [0.2, 0.25) is 0 Å². The summed E-state index contributed by atoms with van der Waals surface area (Å²) in [6.07, 6.45) is 12.7. The van der Waals surface area contributed by atoms with E-state index in [0.717, 1.165) is 32.5 Å². The van der Waals surface area contributed by atoms with Gasteiger partial charge in [-0.25, -0.2) is 0 Å². The molecule has 16 heavy (non-hydrogen) atoms. The molecular weight excluding hydrogens is 204 g/mol. The van der Waals surface area contributed by atoms with Crippen LogP contribution in [0, 0.1) is 0 Å². The molecule has 0 bridgehead atoms. The zero-order valence-corrected chi connectivity index (χ0v) is 10.1. The van der Waals surface area contributed by atoms with Gasteiger partial charge in [0.1, 0.15) is 12.5 Å². The number of methoxy groups -OCH3 is 1. The van der Waals surface area contributed by atoms with Gasteiger partial charge in [-0.2, -0.15) is 0 Å². The number of ether oxygens (including phenoxy) is 3. The third-order valence-electron chi connectivity index (χ3n) is 1.87. The molecular formula is C13H22O3. The van der Waals surface area contributed by atoms with Crippen LogP contribution < -0.4 is 0 Å². The summed E-state index contributed by atoms with van der Waals surface area (Å²) in [6, 6.07) is 0. The van der Waals surface area contributed by atoms with Crippen molar-refractivity contribution in [1.82, 2.24) is 0 Å². The summed E-state index contributed by atoms with van der Waals surface area (Å²) in [5, 5.41) is 0. The maximum Gasteiger partial charge on any atom is 0.117 e. The Morgan fingerprint density at radius 1 is 0.875 bits per heavy atom. The van der Waals surface area contributed by atoms with Gasteiger partial charge < -0.3 is 14.2 Å². The Morgan fingerprint density at radius 3 is 2.06 bits per heavy atom. The molecule has 92 valence electrons. The van der Waals surface area contributed by atoms with Crippen molar-refractivity contribution < 1.29 is 14.2 Å². The summed E-state index contributed by atoms with van der Waals surface area (Å²) < 4.78 is 15.1. The molecule has 3 heteroatoms. The highest BCUT2D eigenvalue weighted by atomic mass is 16.5. The molecule has 0 N–H and O–H groups in total. The Labute approximate surface area is 98.4 Å². The van der Waals surface area contributed by atoms with Crippen LogP contribution >= 0.6 is 0 Å². The van der Waals surface area contributed by atoms with Crippen LogP contribution in [0.25, 0.3) is 0 Å². The second-order valence-corrected chi connectivity index (χ2v) is 3.23. The van der Waals surface area contributed by atoms with E-state index in [4.69, 9.17) is 14.2 Å². The van der Waals surface area contributed by atoms with Gasteiger partial charge in [0.05, 0.1) is 26.6 Å². The highest BCUT2D eigenvalue weighted by Gasteiger charge is 1.89. The monoisotopic (exact) mass is 226 g/mol. The zero-order valence-electron chi connectivity index (χ0n) is 10.1. The SMILES string of the molecule is C=CC=COCCCCCCOC=COC. The average Bonchev–Trinajstić information content (AvgIpc) is 2.31. The molecule has 0 rings (SSSR count). The standard InChI is InChI=1S/C13H22O3/c1-3-4-9-15-10-7-5-6-8-11-16-13-12-14-2/h3-4,9,12-13H,1,5-8,10-11H2,2H3. The van der Waals surface area contributed by atoms with Crippen LogP contribution in [-0.2, 0) is 14.2 Å². The number of hydrogen-bond acceptors (Lipinski definition) is 3. The topological polar surface area (TPSA) is 27.7 Å². The largest absolute Gasteiger partial charge is 0.501 e. The summed E-state index contributed by atoms with van der Waals surface area (Å²) in [5.41, 5.74) is 0. The van der Waals surface area contributed by atoms with Crippen molar-refractivity contribution in [3.05, 3.63) is 37.5 Å². The third-order valence-corrected chi connectivity index (χ3v) is 1.87. The van der Waals surface area contributed by atoms with Gasteiger partial charge in [0, 0.05) is 0 Å². The molecule has 0 saturated heterocycles. The molecule has 0 aromatic carbocycles. The van der Waals surface area contributed by atoms with Crippen LogP contribution in [-0.4, -0.2) is 20.3 Å². The van der Waals surface area contributed by atoms with Crippen LogP contribution in [0.15, 0.2) is 37.5 Å². The van der Waals surface area contributed by atoms with Gasteiger partial charge in [-0.3, -0.25) is 0 Å². The van der Waals surface area contributed by atoms with Crippen LogP contribution in [0.4, 0.5) is 0 Å². The van der Waals surface area contributed by atoms with Crippen molar-refractivity contribution in [2.45, 2.75) is 25.7 Å². The molecule has 0 radical (unpaired) electrons. The molecule has 0 heterocycles. The maximum atomic E-state index is 5.22. The van der Waals surface area contributed by atoms with E-state index in [1.807, 2.05) is 0 Å². The Balaban J connectivity index is 3.01. The minimum atomic E-state index is 0.747. The lowest BCUT2D eigenvalue weighted by Gasteiger charge is -2.02. The Bertz CT molecular complexity index is 197. The van der Waals surface area contributed by atoms with Crippen molar-refractivity contribution in [2.24, 2.45) is 0 Å². The van der Waals surface area contributed by atoms with Gasteiger partial charge in [-0.1, -0.05) is 12.7 Å². The summed E-state index contributed by atoms with van der Waals surface area (Å²) in [5.74, 6) is 0. The number of rotatable bonds is 11. The van der Waals surface area contributed by atoms with E-state index in [0.29, 0.717) is 0 Å². The Hall–Kier alpha value is -1.38. The molecule has 0 spiro atoms. The van der Waals surface area contributed by atoms with Crippen molar-refractivity contribution >= 4 is 0 Å². The zero-order chi connectivity index (χ0) is 11.9. The minimum Gasteiger partial charge on any atom is -0.501 e. The first-order chi connectivity index (χ1) is 7.91. The van der Waals surface area contributed by atoms with Gasteiger partial charge in [0.15, 0.2) is 0 Å². The minimum absolute atomic E-state index is 0.747. The van der Waals surface area contributed by atoms with E-state index in [-0.39, 0.29) is 0 Å². The molecule has 0 aromatic heterocycles.